The molecule has 0 spiro atoms. The molecule has 0 bridgehead atoms. The van der Waals surface area contributed by atoms with Gasteiger partial charge in [-0.05, 0) is 51.5 Å². The fourth-order valence-electron chi connectivity index (χ4n) is 3.41. The van der Waals surface area contributed by atoms with E-state index >= 15 is 0 Å². The number of carbonyl (C=O) groups is 4. The molecule has 30 heavy (non-hydrogen) atoms. The van der Waals surface area contributed by atoms with Crippen LogP contribution in [0.5, 0.6) is 0 Å². The van der Waals surface area contributed by atoms with E-state index in [1.807, 2.05) is 11.9 Å². The zero-order chi connectivity index (χ0) is 21.9. The van der Waals surface area contributed by atoms with Crippen LogP contribution in [0, 0.1) is 0 Å². The normalized spacial score (nSPS) is 16.3. The SMILES string of the molecule is CNCCCCNC(=O)CNc1cccc(C=O)c1CN(C)C1CCC(=O)NC1=O. The van der Waals surface area contributed by atoms with Crippen LogP contribution in [0.2, 0.25) is 0 Å². The van der Waals surface area contributed by atoms with Gasteiger partial charge in [-0.1, -0.05) is 12.1 Å². The van der Waals surface area contributed by atoms with Crippen molar-refractivity contribution in [2.75, 3.05) is 39.0 Å². The molecule has 1 aromatic rings. The minimum absolute atomic E-state index is 0.0868. The van der Waals surface area contributed by atoms with Crippen molar-refractivity contribution in [3.05, 3.63) is 29.3 Å². The molecule has 9 nitrogen and oxygen atoms in total. The number of hydrogen-bond acceptors (Lipinski definition) is 7. The molecule has 3 amide bonds. The Morgan fingerprint density at radius 2 is 2.03 bits per heavy atom. The number of unbranched alkanes of at least 4 members (excludes halogenated alkanes) is 1. The first-order valence-electron chi connectivity index (χ1n) is 10.2. The number of anilines is 1. The molecule has 4 N–H and O–H groups in total. The van der Waals surface area contributed by atoms with Crippen molar-refractivity contribution in [2.24, 2.45) is 0 Å². The average molecular weight is 418 g/mol. The Morgan fingerprint density at radius 3 is 2.73 bits per heavy atom. The van der Waals surface area contributed by atoms with Gasteiger partial charge in [-0.25, -0.2) is 0 Å². The van der Waals surface area contributed by atoms with E-state index < -0.39 is 6.04 Å². The summed E-state index contributed by atoms with van der Waals surface area (Å²) in [6.45, 7) is 1.94. The molecule has 1 saturated heterocycles. The number of likely N-dealkylation sites (N-methyl/N-ethyl adjacent to an activating group) is 1. The Morgan fingerprint density at radius 1 is 1.27 bits per heavy atom. The van der Waals surface area contributed by atoms with E-state index in [9.17, 15) is 19.2 Å². The Balaban J connectivity index is 1.98. The second-order valence-corrected chi connectivity index (χ2v) is 7.39. The maximum atomic E-state index is 12.1. The molecule has 2 rings (SSSR count). The van der Waals surface area contributed by atoms with Gasteiger partial charge in [0.1, 0.15) is 6.29 Å². The van der Waals surface area contributed by atoms with Crippen molar-refractivity contribution >= 4 is 29.7 Å². The molecule has 1 aromatic carbocycles. The Kier molecular flexibility index (Phi) is 9.43. The molecule has 1 unspecified atom stereocenters. The summed E-state index contributed by atoms with van der Waals surface area (Å²) in [5.74, 6) is -0.720. The maximum absolute atomic E-state index is 12.1. The molecule has 0 aliphatic carbocycles. The number of rotatable bonds is 12. The third-order valence-corrected chi connectivity index (χ3v) is 5.10. The van der Waals surface area contributed by atoms with Crippen molar-refractivity contribution in [2.45, 2.75) is 38.3 Å². The fourth-order valence-corrected chi connectivity index (χ4v) is 3.41. The minimum atomic E-state index is -0.448. The third-order valence-electron chi connectivity index (χ3n) is 5.10. The summed E-state index contributed by atoms with van der Waals surface area (Å²) in [6.07, 6.45) is 3.37. The highest BCUT2D eigenvalue weighted by Gasteiger charge is 2.30. The van der Waals surface area contributed by atoms with Gasteiger partial charge in [0.15, 0.2) is 0 Å². The molecular formula is C21H31N5O4. The van der Waals surface area contributed by atoms with Crippen LogP contribution >= 0.6 is 0 Å². The summed E-state index contributed by atoms with van der Waals surface area (Å²) in [4.78, 5) is 49.0. The highest BCUT2D eigenvalue weighted by Crippen LogP contribution is 2.23. The van der Waals surface area contributed by atoms with Gasteiger partial charge < -0.3 is 16.0 Å². The molecule has 1 atom stereocenters. The Hall–Kier alpha value is -2.78. The first-order valence-corrected chi connectivity index (χ1v) is 10.2. The maximum Gasteiger partial charge on any atom is 0.243 e. The van der Waals surface area contributed by atoms with Crippen LogP contribution in [-0.4, -0.2) is 68.7 Å². The Labute approximate surface area is 177 Å². The van der Waals surface area contributed by atoms with E-state index in [0.29, 0.717) is 36.3 Å². The highest BCUT2D eigenvalue weighted by molar-refractivity contribution is 6.00. The number of carbonyl (C=O) groups excluding carboxylic acids is 4. The van der Waals surface area contributed by atoms with Crippen LogP contribution in [0.25, 0.3) is 0 Å². The first kappa shape index (κ1) is 23.5. The summed E-state index contributed by atoms with van der Waals surface area (Å²) in [5.41, 5.74) is 1.87. The number of hydrogen-bond donors (Lipinski definition) is 4. The largest absolute Gasteiger partial charge is 0.376 e. The lowest BCUT2D eigenvalue weighted by molar-refractivity contribution is -0.137. The van der Waals surface area contributed by atoms with E-state index in [0.717, 1.165) is 25.7 Å². The van der Waals surface area contributed by atoms with Gasteiger partial charge in [-0.2, -0.15) is 0 Å². The van der Waals surface area contributed by atoms with Crippen LogP contribution in [0.4, 0.5) is 5.69 Å². The van der Waals surface area contributed by atoms with Gasteiger partial charge in [0.05, 0.1) is 12.6 Å². The molecule has 0 saturated carbocycles. The molecule has 0 aromatic heterocycles. The lowest BCUT2D eigenvalue weighted by atomic mass is 10.0. The smallest absolute Gasteiger partial charge is 0.243 e. The zero-order valence-corrected chi connectivity index (χ0v) is 17.6. The van der Waals surface area contributed by atoms with E-state index in [1.54, 1.807) is 25.2 Å². The quantitative estimate of drug-likeness (QED) is 0.219. The summed E-state index contributed by atoms with van der Waals surface area (Å²) >= 11 is 0. The number of nitrogens with one attached hydrogen (secondary N) is 4. The van der Waals surface area contributed by atoms with E-state index in [4.69, 9.17) is 0 Å². The van der Waals surface area contributed by atoms with E-state index in [2.05, 4.69) is 21.3 Å². The summed E-state index contributed by atoms with van der Waals surface area (Å²) in [6, 6.07) is 4.81. The minimum Gasteiger partial charge on any atom is -0.376 e. The van der Waals surface area contributed by atoms with Gasteiger partial charge in [0.2, 0.25) is 17.7 Å². The number of piperidine rings is 1. The van der Waals surface area contributed by atoms with Gasteiger partial charge in [-0.15, -0.1) is 0 Å². The summed E-state index contributed by atoms with van der Waals surface area (Å²) < 4.78 is 0. The predicted molar refractivity (Wildman–Crippen MR) is 114 cm³/mol. The van der Waals surface area contributed by atoms with E-state index in [1.165, 1.54) is 0 Å². The van der Waals surface area contributed by atoms with Crippen molar-refractivity contribution in [3.8, 4) is 0 Å². The van der Waals surface area contributed by atoms with Gasteiger partial charge in [-0.3, -0.25) is 29.4 Å². The number of imide groups is 1. The molecule has 9 heteroatoms. The second-order valence-electron chi connectivity index (χ2n) is 7.39. The number of nitrogens with zero attached hydrogens (tertiary/aromatic N) is 1. The van der Waals surface area contributed by atoms with Crippen molar-refractivity contribution in [1.29, 1.82) is 0 Å². The van der Waals surface area contributed by atoms with Gasteiger partial charge >= 0.3 is 0 Å². The van der Waals surface area contributed by atoms with Crippen LogP contribution in [-0.2, 0) is 20.9 Å². The van der Waals surface area contributed by atoms with E-state index in [-0.39, 0.29) is 30.7 Å². The first-order chi connectivity index (χ1) is 14.5. The molecule has 1 fully saturated rings. The molecule has 1 aliphatic rings. The lowest BCUT2D eigenvalue weighted by Gasteiger charge is -2.30. The fraction of sp³-hybridized carbons (Fsp3) is 0.524. The van der Waals surface area contributed by atoms with Crippen LogP contribution < -0.4 is 21.3 Å². The lowest BCUT2D eigenvalue weighted by Crippen LogP contribution is -2.51. The van der Waals surface area contributed by atoms with Gasteiger partial charge in [0.25, 0.3) is 0 Å². The molecular weight excluding hydrogens is 386 g/mol. The highest BCUT2D eigenvalue weighted by atomic mass is 16.2. The molecule has 1 heterocycles. The monoisotopic (exact) mass is 417 g/mol. The van der Waals surface area contributed by atoms with Crippen molar-refractivity contribution in [3.63, 3.8) is 0 Å². The molecule has 164 valence electrons. The second kappa shape index (κ2) is 12.0. The number of amides is 3. The molecule has 1 aliphatic heterocycles. The number of aldehydes is 1. The zero-order valence-electron chi connectivity index (χ0n) is 17.6. The van der Waals surface area contributed by atoms with Crippen molar-refractivity contribution < 1.29 is 19.2 Å². The number of benzene rings is 1. The van der Waals surface area contributed by atoms with Crippen molar-refractivity contribution in [1.82, 2.24) is 20.9 Å². The summed E-state index contributed by atoms with van der Waals surface area (Å²) in [7, 11) is 3.68. The van der Waals surface area contributed by atoms with Crippen LogP contribution in [0.1, 0.15) is 41.6 Å². The van der Waals surface area contributed by atoms with Gasteiger partial charge in [0, 0.05) is 30.8 Å². The molecule has 0 radical (unpaired) electrons. The standard InChI is InChI=1S/C21H31N5O4/c1-22-10-3-4-11-23-20(29)12-24-17-7-5-6-15(14-27)16(17)13-26(2)18-8-9-19(28)25-21(18)30/h5-7,14,18,22,24H,3-4,8-13H2,1-2H3,(H,23,29)(H,25,28,30). The average Bonchev–Trinajstić information content (AvgIpc) is 2.72. The topological polar surface area (TPSA) is 120 Å². The summed E-state index contributed by atoms with van der Waals surface area (Å²) in [5, 5.41) is 11.4. The predicted octanol–water partition coefficient (Wildman–Crippen LogP) is 0.264. The third kappa shape index (κ3) is 6.93. The van der Waals surface area contributed by atoms with Crippen LogP contribution in [0.3, 0.4) is 0 Å². The Bertz CT molecular complexity index is 768. The van der Waals surface area contributed by atoms with Crippen LogP contribution in [0.15, 0.2) is 18.2 Å².